The second kappa shape index (κ2) is 5.61. The van der Waals surface area contributed by atoms with Gasteiger partial charge in [0.15, 0.2) is 0 Å². The highest BCUT2D eigenvalue weighted by Crippen LogP contribution is 2.26. The fourth-order valence-electron chi connectivity index (χ4n) is 2.52. The maximum absolute atomic E-state index is 12.6. The molecular formula is C14H22N2O2S. The Hall–Kier alpha value is -0.910. The molecule has 0 aliphatic carbocycles. The van der Waals surface area contributed by atoms with Crippen LogP contribution >= 0.6 is 0 Å². The normalized spacial score (nSPS) is 21.2. The van der Waals surface area contributed by atoms with E-state index in [-0.39, 0.29) is 6.04 Å². The molecule has 0 spiro atoms. The van der Waals surface area contributed by atoms with E-state index in [1.54, 1.807) is 16.4 Å². The Bertz CT molecular complexity index is 523. The molecule has 1 aromatic carbocycles. The number of nitrogens with two attached hydrogens (primary N) is 1. The van der Waals surface area contributed by atoms with Gasteiger partial charge in [0.2, 0.25) is 10.0 Å². The van der Waals surface area contributed by atoms with Crippen LogP contribution in [0, 0.1) is 0 Å². The summed E-state index contributed by atoms with van der Waals surface area (Å²) >= 11 is 0. The third-order valence-corrected chi connectivity index (χ3v) is 5.71. The van der Waals surface area contributed by atoms with E-state index in [2.05, 4.69) is 13.8 Å². The number of nitrogens with zero attached hydrogens (tertiary/aromatic N) is 1. The second-order valence-corrected chi connectivity index (χ2v) is 7.26. The van der Waals surface area contributed by atoms with Gasteiger partial charge in [-0.2, -0.15) is 4.31 Å². The maximum atomic E-state index is 12.6. The second-order valence-electron chi connectivity index (χ2n) is 5.37. The van der Waals surface area contributed by atoms with Crippen LogP contribution in [0.1, 0.15) is 38.2 Å². The molecule has 1 aliphatic rings. The lowest BCUT2D eigenvalue weighted by Crippen LogP contribution is -2.39. The van der Waals surface area contributed by atoms with Crippen LogP contribution in [0.2, 0.25) is 0 Å². The topological polar surface area (TPSA) is 63.4 Å². The maximum Gasteiger partial charge on any atom is 0.243 e. The molecule has 1 heterocycles. The van der Waals surface area contributed by atoms with Crippen LogP contribution < -0.4 is 5.73 Å². The van der Waals surface area contributed by atoms with Crippen molar-refractivity contribution in [3.05, 3.63) is 29.8 Å². The zero-order chi connectivity index (χ0) is 14.0. The molecule has 1 saturated heterocycles. The first-order valence-corrected chi connectivity index (χ1v) is 8.22. The Morgan fingerprint density at radius 3 is 2.47 bits per heavy atom. The SMILES string of the molecule is CC(C)c1ccc(S(=O)(=O)N2CCC[C@H]2CN)cc1. The van der Waals surface area contributed by atoms with Crippen molar-refractivity contribution in [1.82, 2.24) is 4.31 Å². The molecule has 0 aromatic heterocycles. The van der Waals surface area contributed by atoms with Gasteiger partial charge in [-0.25, -0.2) is 8.42 Å². The summed E-state index contributed by atoms with van der Waals surface area (Å²) in [5, 5.41) is 0. The van der Waals surface area contributed by atoms with Crippen molar-refractivity contribution in [1.29, 1.82) is 0 Å². The van der Waals surface area contributed by atoms with Crippen molar-refractivity contribution in [2.75, 3.05) is 13.1 Å². The smallest absolute Gasteiger partial charge is 0.243 e. The highest BCUT2D eigenvalue weighted by atomic mass is 32.2. The van der Waals surface area contributed by atoms with Gasteiger partial charge < -0.3 is 5.73 Å². The summed E-state index contributed by atoms with van der Waals surface area (Å²) in [6.45, 7) is 5.16. The third kappa shape index (κ3) is 2.83. The third-order valence-electron chi connectivity index (χ3n) is 3.75. The molecule has 0 amide bonds. The number of hydrogen-bond donors (Lipinski definition) is 1. The van der Waals surface area contributed by atoms with Gasteiger partial charge in [0.25, 0.3) is 0 Å². The molecule has 1 fully saturated rings. The summed E-state index contributed by atoms with van der Waals surface area (Å²) in [6.07, 6.45) is 1.75. The summed E-state index contributed by atoms with van der Waals surface area (Å²) in [7, 11) is -3.39. The highest BCUT2D eigenvalue weighted by molar-refractivity contribution is 7.89. The summed E-state index contributed by atoms with van der Waals surface area (Å²) in [4.78, 5) is 0.372. The van der Waals surface area contributed by atoms with Crippen LogP contribution in [-0.2, 0) is 10.0 Å². The average molecular weight is 282 g/mol. The van der Waals surface area contributed by atoms with Gasteiger partial charge in [-0.15, -0.1) is 0 Å². The van der Waals surface area contributed by atoms with Crippen molar-refractivity contribution < 1.29 is 8.42 Å². The first-order valence-electron chi connectivity index (χ1n) is 6.78. The number of rotatable bonds is 4. The lowest BCUT2D eigenvalue weighted by Gasteiger charge is -2.23. The fourth-order valence-corrected chi connectivity index (χ4v) is 4.23. The van der Waals surface area contributed by atoms with Crippen LogP contribution in [-0.4, -0.2) is 31.9 Å². The van der Waals surface area contributed by atoms with Crippen LogP contribution in [0.3, 0.4) is 0 Å². The van der Waals surface area contributed by atoms with E-state index in [1.165, 1.54) is 0 Å². The molecule has 19 heavy (non-hydrogen) atoms. The minimum atomic E-state index is -3.39. The molecule has 0 bridgehead atoms. The molecule has 2 rings (SSSR count). The Morgan fingerprint density at radius 1 is 1.32 bits per heavy atom. The van der Waals surface area contributed by atoms with Gasteiger partial charge in [0.05, 0.1) is 4.90 Å². The van der Waals surface area contributed by atoms with Crippen LogP contribution in [0.4, 0.5) is 0 Å². The van der Waals surface area contributed by atoms with Crippen molar-refractivity contribution in [2.45, 2.75) is 43.5 Å². The number of hydrogen-bond acceptors (Lipinski definition) is 3. The van der Waals surface area contributed by atoms with Crippen LogP contribution in [0.25, 0.3) is 0 Å². The van der Waals surface area contributed by atoms with Gasteiger partial charge in [-0.3, -0.25) is 0 Å². The molecule has 2 N–H and O–H groups in total. The largest absolute Gasteiger partial charge is 0.329 e. The van der Waals surface area contributed by atoms with E-state index >= 15 is 0 Å². The van der Waals surface area contributed by atoms with Gasteiger partial charge in [-0.05, 0) is 36.5 Å². The summed E-state index contributed by atoms with van der Waals surface area (Å²) < 4.78 is 26.7. The van der Waals surface area contributed by atoms with Crippen molar-refractivity contribution in [3.8, 4) is 0 Å². The molecule has 1 aliphatic heterocycles. The van der Waals surface area contributed by atoms with Gasteiger partial charge in [-0.1, -0.05) is 26.0 Å². The number of benzene rings is 1. The quantitative estimate of drug-likeness (QED) is 0.917. The highest BCUT2D eigenvalue weighted by Gasteiger charge is 2.34. The molecule has 0 saturated carbocycles. The van der Waals surface area contributed by atoms with E-state index in [0.717, 1.165) is 18.4 Å². The molecule has 5 heteroatoms. The lowest BCUT2D eigenvalue weighted by molar-refractivity contribution is 0.393. The van der Waals surface area contributed by atoms with Crippen molar-refractivity contribution >= 4 is 10.0 Å². The Labute approximate surface area is 115 Å². The minimum absolute atomic E-state index is 0.0465. The first-order chi connectivity index (χ1) is 8.96. The van der Waals surface area contributed by atoms with Crippen molar-refractivity contribution in [3.63, 3.8) is 0 Å². The van der Waals surface area contributed by atoms with E-state index < -0.39 is 10.0 Å². The van der Waals surface area contributed by atoms with Gasteiger partial charge in [0.1, 0.15) is 0 Å². The van der Waals surface area contributed by atoms with E-state index in [1.807, 2.05) is 12.1 Å². The summed E-state index contributed by atoms with van der Waals surface area (Å²) in [6, 6.07) is 7.15. The lowest BCUT2D eigenvalue weighted by atomic mass is 10.0. The first kappa shape index (κ1) is 14.5. The fraction of sp³-hybridized carbons (Fsp3) is 0.571. The van der Waals surface area contributed by atoms with Crippen molar-refractivity contribution in [2.24, 2.45) is 5.73 Å². The monoisotopic (exact) mass is 282 g/mol. The van der Waals surface area contributed by atoms with Crippen LogP contribution in [0.5, 0.6) is 0 Å². The molecule has 106 valence electrons. The average Bonchev–Trinajstić information content (AvgIpc) is 2.87. The number of sulfonamides is 1. The van der Waals surface area contributed by atoms with Crippen LogP contribution in [0.15, 0.2) is 29.2 Å². The molecule has 4 nitrogen and oxygen atoms in total. The van der Waals surface area contributed by atoms with Gasteiger partial charge >= 0.3 is 0 Å². The van der Waals surface area contributed by atoms with Gasteiger partial charge in [0, 0.05) is 19.1 Å². The molecule has 1 atom stereocenters. The molecular weight excluding hydrogens is 260 g/mol. The predicted octanol–water partition coefficient (Wildman–Crippen LogP) is 1.92. The minimum Gasteiger partial charge on any atom is -0.329 e. The summed E-state index contributed by atoms with van der Waals surface area (Å²) in [5.41, 5.74) is 6.81. The zero-order valence-electron chi connectivity index (χ0n) is 11.5. The van der Waals surface area contributed by atoms with E-state index in [9.17, 15) is 8.42 Å². The molecule has 0 radical (unpaired) electrons. The Morgan fingerprint density at radius 2 is 1.95 bits per heavy atom. The Kier molecular flexibility index (Phi) is 4.28. The standard InChI is InChI=1S/C14H22N2O2S/c1-11(2)12-5-7-14(8-6-12)19(17,18)16-9-3-4-13(16)10-15/h5-8,11,13H,3-4,9-10,15H2,1-2H3/t13-/m0/s1. The summed E-state index contributed by atoms with van der Waals surface area (Å²) in [5.74, 6) is 0.403. The Balaban J connectivity index is 2.29. The molecule has 0 unspecified atom stereocenters. The van der Waals surface area contributed by atoms with E-state index in [0.29, 0.717) is 23.9 Å². The zero-order valence-corrected chi connectivity index (χ0v) is 12.4. The molecule has 1 aromatic rings. The predicted molar refractivity (Wildman–Crippen MR) is 76.5 cm³/mol. The van der Waals surface area contributed by atoms with E-state index in [4.69, 9.17) is 5.73 Å².